The highest BCUT2D eigenvalue weighted by molar-refractivity contribution is 7.10. The Morgan fingerprint density at radius 2 is 2.10 bits per heavy atom. The highest BCUT2D eigenvalue weighted by Crippen LogP contribution is 2.30. The molecule has 0 aliphatic rings. The van der Waals surface area contributed by atoms with Crippen molar-refractivity contribution >= 4 is 11.3 Å². The molecule has 0 spiro atoms. The third-order valence-electron chi connectivity index (χ3n) is 3.46. The first-order valence-corrected chi connectivity index (χ1v) is 7.61. The Hall–Kier alpha value is -1.23. The smallest absolute Gasteiger partial charge is 0.123 e. The molecule has 2 N–H and O–H groups in total. The maximum absolute atomic E-state index is 13.3. The van der Waals surface area contributed by atoms with Gasteiger partial charge in [-0.3, -0.25) is 4.90 Å². The van der Waals surface area contributed by atoms with Gasteiger partial charge in [0.25, 0.3) is 0 Å². The number of benzene rings is 1. The SMILES string of the molecule is Cc1ccsc1C(C(C)N)N(C)Cc1cccc(F)c1. The van der Waals surface area contributed by atoms with E-state index in [9.17, 15) is 4.39 Å². The average Bonchev–Trinajstić information content (AvgIpc) is 2.75. The van der Waals surface area contributed by atoms with E-state index in [0.717, 1.165) is 5.56 Å². The first kappa shape index (κ1) is 15.2. The van der Waals surface area contributed by atoms with Crippen molar-refractivity contribution < 1.29 is 4.39 Å². The number of rotatable bonds is 5. The Kier molecular flexibility index (Phi) is 4.91. The quantitative estimate of drug-likeness (QED) is 0.910. The van der Waals surface area contributed by atoms with Crippen molar-refractivity contribution in [3.05, 3.63) is 57.5 Å². The number of hydrogen-bond acceptors (Lipinski definition) is 3. The van der Waals surface area contributed by atoms with Gasteiger partial charge in [0.05, 0.1) is 6.04 Å². The van der Waals surface area contributed by atoms with Crippen molar-refractivity contribution in [3.63, 3.8) is 0 Å². The molecule has 2 nitrogen and oxygen atoms in total. The largest absolute Gasteiger partial charge is 0.326 e. The van der Waals surface area contributed by atoms with Crippen molar-refractivity contribution in [2.24, 2.45) is 5.73 Å². The Labute approximate surface area is 124 Å². The van der Waals surface area contributed by atoms with Crippen LogP contribution in [0.25, 0.3) is 0 Å². The minimum Gasteiger partial charge on any atom is -0.326 e. The van der Waals surface area contributed by atoms with Crippen LogP contribution in [0.2, 0.25) is 0 Å². The van der Waals surface area contributed by atoms with Gasteiger partial charge in [-0.2, -0.15) is 0 Å². The lowest BCUT2D eigenvalue weighted by Gasteiger charge is -2.31. The summed E-state index contributed by atoms with van der Waals surface area (Å²) in [7, 11) is 2.04. The first-order valence-electron chi connectivity index (χ1n) is 6.73. The fraction of sp³-hybridized carbons (Fsp3) is 0.375. The molecule has 1 aromatic carbocycles. The minimum absolute atomic E-state index is 0.0194. The summed E-state index contributed by atoms with van der Waals surface area (Å²) in [6, 6.07) is 9.02. The zero-order chi connectivity index (χ0) is 14.7. The molecular formula is C16H21FN2S. The highest BCUT2D eigenvalue weighted by atomic mass is 32.1. The number of aryl methyl sites for hydroxylation is 1. The van der Waals surface area contributed by atoms with Crippen molar-refractivity contribution in [3.8, 4) is 0 Å². The molecule has 1 heterocycles. The number of nitrogens with two attached hydrogens (primary N) is 1. The van der Waals surface area contributed by atoms with E-state index >= 15 is 0 Å². The lowest BCUT2D eigenvalue weighted by Crippen LogP contribution is -2.36. The van der Waals surface area contributed by atoms with Gasteiger partial charge in [-0.15, -0.1) is 11.3 Å². The van der Waals surface area contributed by atoms with Gasteiger partial charge in [0.15, 0.2) is 0 Å². The van der Waals surface area contributed by atoms with Crippen LogP contribution in [0.5, 0.6) is 0 Å². The molecule has 0 saturated heterocycles. The topological polar surface area (TPSA) is 29.3 Å². The minimum atomic E-state index is -0.194. The van der Waals surface area contributed by atoms with E-state index in [1.807, 2.05) is 20.0 Å². The van der Waals surface area contributed by atoms with Crippen LogP contribution in [-0.4, -0.2) is 18.0 Å². The van der Waals surface area contributed by atoms with Gasteiger partial charge in [0.1, 0.15) is 5.82 Å². The van der Waals surface area contributed by atoms with Crippen molar-refractivity contribution in [1.82, 2.24) is 4.90 Å². The van der Waals surface area contributed by atoms with Crippen molar-refractivity contribution in [2.45, 2.75) is 32.5 Å². The molecule has 2 atom stereocenters. The number of likely N-dealkylation sites (N-methyl/N-ethyl adjacent to an activating group) is 1. The van der Waals surface area contributed by atoms with E-state index in [2.05, 4.69) is 23.3 Å². The first-order chi connectivity index (χ1) is 9.49. The number of halogens is 1. The van der Waals surface area contributed by atoms with Gasteiger partial charge in [-0.25, -0.2) is 4.39 Å². The molecule has 0 fully saturated rings. The molecule has 1 aromatic heterocycles. The second-order valence-corrected chi connectivity index (χ2v) is 6.26. The zero-order valence-corrected chi connectivity index (χ0v) is 13.0. The van der Waals surface area contributed by atoms with E-state index in [0.29, 0.717) is 6.54 Å². The average molecular weight is 292 g/mol. The summed E-state index contributed by atoms with van der Waals surface area (Å²) in [6.07, 6.45) is 0. The van der Waals surface area contributed by atoms with Gasteiger partial charge >= 0.3 is 0 Å². The van der Waals surface area contributed by atoms with Gasteiger partial charge in [-0.1, -0.05) is 12.1 Å². The van der Waals surface area contributed by atoms with Crippen LogP contribution < -0.4 is 5.73 Å². The number of thiophene rings is 1. The zero-order valence-electron chi connectivity index (χ0n) is 12.1. The lowest BCUT2D eigenvalue weighted by atomic mass is 10.0. The molecule has 0 radical (unpaired) electrons. The molecule has 2 rings (SSSR count). The predicted octanol–water partition coefficient (Wildman–Crippen LogP) is 3.72. The van der Waals surface area contributed by atoms with Crippen LogP contribution in [0.15, 0.2) is 35.7 Å². The number of nitrogens with zero attached hydrogens (tertiary/aromatic N) is 1. The Balaban J connectivity index is 2.20. The molecule has 108 valence electrons. The summed E-state index contributed by atoms with van der Waals surface area (Å²) in [5, 5.41) is 2.09. The molecule has 0 bridgehead atoms. The van der Waals surface area contributed by atoms with E-state index in [1.165, 1.54) is 16.5 Å². The monoisotopic (exact) mass is 292 g/mol. The second-order valence-electron chi connectivity index (χ2n) is 5.32. The van der Waals surface area contributed by atoms with E-state index < -0.39 is 0 Å². The van der Waals surface area contributed by atoms with Crippen LogP contribution >= 0.6 is 11.3 Å². The molecular weight excluding hydrogens is 271 g/mol. The molecule has 20 heavy (non-hydrogen) atoms. The fourth-order valence-electron chi connectivity index (χ4n) is 2.55. The van der Waals surface area contributed by atoms with Crippen molar-refractivity contribution in [2.75, 3.05) is 7.05 Å². The van der Waals surface area contributed by atoms with Gasteiger partial charge in [-0.05, 0) is 55.6 Å². The van der Waals surface area contributed by atoms with E-state index in [1.54, 1.807) is 23.5 Å². The van der Waals surface area contributed by atoms with Crippen LogP contribution in [0.1, 0.15) is 29.0 Å². The Morgan fingerprint density at radius 1 is 1.35 bits per heavy atom. The molecule has 4 heteroatoms. The van der Waals surface area contributed by atoms with E-state index in [4.69, 9.17) is 5.73 Å². The van der Waals surface area contributed by atoms with Crippen LogP contribution in [0.4, 0.5) is 4.39 Å². The molecule has 0 aliphatic carbocycles. The summed E-state index contributed by atoms with van der Waals surface area (Å²) in [4.78, 5) is 3.48. The molecule has 0 aliphatic heterocycles. The summed E-state index contributed by atoms with van der Waals surface area (Å²) >= 11 is 1.73. The van der Waals surface area contributed by atoms with Crippen LogP contribution in [-0.2, 0) is 6.54 Å². The summed E-state index contributed by atoms with van der Waals surface area (Å²) in [6.45, 7) is 4.81. The standard InChI is InChI=1S/C16H21FN2S/c1-11-7-8-20-16(11)15(12(2)18)19(3)10-13-5-4-6-14(17)9-13/h4-9,12,15H,10,18H2,1-3H3. The normalized spacial score (nSPS) is 14.5. The summed E-state index contributed by atoms with van der Waals surface area (Å²) in [5.74, 6) is -0.194. The molecule has 2 unspecified atom stereocenters. The highest BCUT2D eigenvalue weighted by Gasteiger charge is 2.24. The van der Waals surface area contributed by atoms with Gasteiger partial charge < -0.3 is 5.73 Å². The third kappa shape index (κ3) is 3.45. The number of hydrogen-bond donors (Lipinski definition) is 1. The summed E-state index contributed by atoms with van der Waals surface area (Å²) in [5.41, 5.74) is 8.40. The Bertz CT molecular complexity index is 565. The summed E-state index contributed by atoms with van der Waals surface area (Å²) < 4.78 is 13.3. The van der Waals surface area contributed by atoms with Gasteiger partial charge in [0.2, 0.25) is 0 Å². The van der Waals surface area contributed by atoms with Crippen LogP contribution in [0.3, 0.4) is 0 Å². The molecule has 0 saturated carbocycles. The van der Waals surface area contributed by atoms with Crippen LogP contribution in [0, 0.1) is 12.7 Å². The third-order valence-corrected chi connectivity index (χ3v) is 4.55. The predicted molar refractivity (Wildman–Crippen MR) is 83.3 cm³/mol. The maximum Gasteiger partial charge on any atom is 0.123 e. The van der Waals surface area contributed by atoms with Gasteiger partial charge in [0, 0.05) is 17.5 Å². The maximum atomic E-state index is 13.3. The second kappa shape index (κ2) is 6.48. The molecule has 2 aromatic rings. The van der Waals surface area contributed by atoms with Crippen molar-refractivity contribution in [1.29, 1.82) is 0 Å². The lowest BCUT2D eigenvalue weighted by molar-refractivity contribution is 0.213. The Morgan fingerprint density at radius 3 is 2.65 bits per heavy atom. The molecule has 0 amide bonds. The fourth-order valence-corrected chi connectivity index (χ4v) is 3.76. The van der Waals surface area contributed by atoms with E-state index in [-0.39, 0.29) is 17.9 Å².